The summed E-state index contributed by atoms with van der Waals surface area (Å²) in [6.07, 6.45) is 3.83. The maximum Gasteiger partial charge on any atom is 0.263 e. The fraction of sp³-hybridized carbons (Fsp3) is 0.200. The summed E-state index contributed by atoms with van der Waals surface area (Å²) in [6, 6.07) is 14.0. The van der Waals surface area contributed by atoms with Gasteiger partial charge in [-0.2, -0.15) is 0 Å². The minimum Gasteiger partial charge on any atom is -0.368 e. The molecule has 3 aromatic heterocycles. The van der Waals surface area contributed by atoms with E-state index in [2.05, 4.69) is 38.2 Å². The second-order valence-electron chi connectivity index (χ2n) is 8.03. The van der Waals surface area contributed by atoms with Crippen LogP contribution >= 0.6 is 0 Å². The number of H-pyrrole nitrogens is 1. The SMILES string of the molecule is CC[C@H](CNc1ncnc2nc[nH]c12)c1cc2cccc(C)c2c(=O)n1-c1ccc(F)cc1. The van der Waals surface area contributed by atoms with E-state index in [1.54, 1.807) is 23.0 Å². The van der Waals surface area contributed by atoms with Crippen LogP contribution in [0.3, 0.4) is 0 Å². The number of hydrogen-bond acceptors (Lipinski definition) is 5. The zero-order valence-electron chi connectivity index (χ0n) is 18.3. The van der Waals surface area contributed by atoms with Crippen molar-refractivity contribution in [1.82, 2.24) is 24.5 Å². The van der Waals surface area contributed by atoms with Gasteiger partial charge >= 0.3 is 0 Å². The number of nitrogens with one attached hydrogen (secondary N) is 2. The summed E-state index contributed by atoms with van der Waals surface area (Å²) < 4.78 is 15.3. The van der Waals surface area contributed by atoms with Crippen molar-refractivity contribution in [2.45, 2.75) is 26.2 Å². The van der Waals surface area contributed by atoms with E-state index < -0.39 is 0 Å². The number of aryl methyl sites for hydroxylation is 1. The van der Waals surface area contributed by atoms with E-state index >= 15 is 0 Å². The highest BCUT2D eigenvalue weighted by atomic mass is 19.1. The first-order chi connectivity index (χ1) is 16.1. The van der Waals surface area contributed by atoms with Crippen molar-refractivity contribution in [3.63, 3.8) is 0 Å². The zero-order chi connectivity index (χ0) is 22.9. The summed E-state index contributed by atoms with van der Waals surface area (Å²) >= 11 is 0. The molecule has 2 aromatic carbocycles. The van der Waals surface area contributed by atoms with Crippen molar-refractivity contribution >= 4 is 27.8 Å². The Bertz CT molecular complexity index is 1510. The summed E-state index contributed by atoms with van der Waals surface area (Å²) in [4.78, 5) is 29.4. The number of benzene rings is 2. The number of rotatable bonds is 6. The van der Waals surface area contributed by atoms with Gasteiger partial charge in [-0.1, -0.05) is 25.1 Å². The average molecular weight is 442 g/mol. The Morgan fingerprint density at radius 1 is 1.12 bits per heavy atom. The van der Waals surface area contributed by atoms with Crippen LogP contribution in [-0.2, 0) is 0 Å². The van der Waals surface area contributed by atoms with Gasteiger partial charge in [0, 0.05) is 23.8 Å². The van der Waals surface area contributed by atoms with Crippen LogP contribution in [0, 0.1) is 12.7 Å². The maximum atomic E-state index is 13.7. The number of aromatic amines is 1. The Balaban J connectivity index is 1.63. The Kier molecular flexibility index (Phi) is 5.34. The summed E-state index contributed by atoms with van der Waals surface area (Å²) in [5.74, 6) is 0.301. The van der Waals surface area contributed by atoms with Gasteiger partial charge in [-0.3, -0.25) is 9.36 Å². The van der Waals surface area contributed by atoms with Crippen molar-refractivity contribution < 1.29 is 4.39 Å². The highest BCUT2D eigenvalue weighted by Gasteiger charge is 2.20. The number of anilines is 1. The van der Waals surface area contributed by atoms with Gasteiger partial charge in [0.05, 0.1) is 11.7 Å². The molecule has 0 aliphatic heterocycles. The van der Waals surface area contributed by atoms with Crippen LogP contribution in [-0.4, -0.2) is 31.0 Å². The van der Waals surface area contributed by atoms with Crippen LogP contribution in [0.15, 0.2) is 66.0 Å². The van der Waals surface area contributed by atoms with E-state index in [4.69, 9.17) is 0 Å². The Morgan fingerprint density at radius 2 is 1.94 bits per heavy atom. The van der Waals surface area contributed by atoms with Gasteiger partial charge < -0.3 is 10.3 Å². The molecule has 8 heteroatoms. The minimum atomic E-state index is -0.341. The molecule has 3 heterocycles. The second-order valence-corrected chi connectivity index (χ2v) is 8.03. The van der Waals surface area contributed by atoms with Crippen LogP contribution in [0.4, 0.5) is 10.2 Å². The molecule has 0 aliphatic carbocycles. The lowest BCUT2D eigenvalue weighted by molar-refractivity contribution is 0.625. The summed E-state index contributed by atoms with van der Waals surface area (Å²) in [5, 5.41) is 4.96. The molecule has 2 N–H and O–H groups in total. The molecule has 33 heavy (non-hydrogen) atoms. The molecule has 1 atom stereocenters. The van der Waals surface area contributed by atoms with Crippen molar-refractivity contribution in [1.29, 1.82) is 0 Å². The fourth-order valence-electron chi connectivity index (χ4n) is 4.29. The molecule has 166 valence electrons. The Labute approximate surface area is 189 Å². The van der Waals surface area contributed by atoms with Crippen LogP contribution in [0.2, 0.25) is 0 Å². The number of imidazole rings is 1. The van der Waals surface area contributed by atoms with Crippen LogP contribution in [0.25, 0.3) is 27.6 Å². The number of halogens is 1. The molecule has 0 saturated carbocycles. The second kappa shape index (κ2) is 8.46. The van der Waals surface area contributed by atoms with Crippen LogP contribution in [0.1, 0.15) is 30.5 Å². The monoisotopic (exact) mass is 442 g/mol. The smallest absolute Gasteiger partial charge is 0.263 e. The Morgan fingerprint density at radius 3 is 2.73 bits per heavy atom. The predicted octanol–water partition coefficient (Wildman–Crippen LogP) is 4.71. The van der Waals surface area contributed by atoms with Crippen LogP contribution < -0.4 is 10.9 Å². The average Bonchev–Trinajstić information content (AvgIpc) is 3.30. The van der Waals surface area contributed by atoms with Gasteiger partial charge in [-0.15, -0.1) is 0 Å². The molecule has 0 unspecified atom stereocenters. The highest BCUT2D eigenvalue weighted by molar-refractivity contribution is 5.86. The van der Waals surface area contributed by atoms with Gasteiger partial charge in [-0.05, 0) is 54.6 Å². The van der Waals surface area contributed by atoms with E-state index in [0.717, 1.165) is 28.6 Å². The van der Waals surface area contributed by atoms with Gasteiger partial charge in [0.2, 0.25) is 0 Å². The topological polar surface area (TPSA) is 88.5 Å². The van der Waals surface area contributed by atoms with E-state index in [1.807, 2.05) is 25.1 Å². The van der Waals surface area contributed by atoms with E-state index in [-0.39, 0.29) is 17.3 Å². The molecule has 0 fully saturated rings. The minimum absolute atomic E-state index is 0.0133. The first kappa shape index (κ1) is 20.8. The first-order valence-corrected chi connectivity index (χ1v) is 10.9. The molecular weight excluding hydrogens is 419 g/mol. The molecular formula is C25H23FN6O. The van der Waals surface area contributed by atoms with E-state index in [1.165, 1.54) is 18.5 Å². The third-order valence-electron chi connectivity index (χ3n) is 6.02. The lowest BCUT2D eigenvalue weighted by Crippen LogP contribution is -2.26. The molecule has 5 aromatic rings. The molecule has 0 amide bonds. The van der Waals surface area contributed by atoms with Gasteiger partial charge in [0.1, 0.15) is 17.7 Å². The quantitative estimate of drug-likeness (QED) is 0.398. The largest absolute Gasteiger partial charge is 0.368 e. The van der Waals surface area contributed by atoms with Crippen molar-refractivity contribution in [3.8, 4) is 5.69 Å². The normalized spacial score (nSPS) is 12.3. The molecule has 0 radical (unpaired) electrons. The number of aromatic nitrogens is 5. The molecule has 0 spiro atoms. The third-order valence-corrected chi connectivity index (χ3v) is 6.02. The van der Waals surface area contributed by atoms with Gasteiger partial charge in [-0.25, -0.2) is 19.3 Å². The van der Waals surface area contributed by atoms with E-state index in [9.17, 15) is 9.18 Å². The van der Waals surface area contributed by atoms with Crippen molar-refractivity contribution in [2.24, 2.45) is 0 Å². The van der Waals surface area contributed by atoms with Gasteiger partial charge in [0.25, 0.3) is 5.56 Å². The molecule has 5 rings (SSSR count). The molecule has 7 nitrogen and oxygen atoms in total. The zero-order valence-corrected chi connectivity index (χ0v) is 18.3. The number of fused-ring (bicyclic) bond motifs is 2. The van der Waals surface area contributed by atoms with Crippen LogP contribution in [0.5, 0.6) is 0 Å². The third kappa shape index (κ3) is 3.73. The maximum absolute atomic E-state index is 13.7. The summed E-state index contributed by atoms with van der Waals surface area (Å²) in [6.45, 7) is 4.56. The Hall–Kier alpha value is -4.07. The lowest BCUT2D eigenvalue weighted by Gasteiger charge is -2.23. The summed E-state index contributed by atoms with van der Waals surface area (Å²) in [5.41, 5.74) is 3.62. The van der Waals surface area contributed by atoms with Gasteiger partial charge in [0.15, 0.2) is 11.5 Å². The highest BCUT2D eigenvalue weighted by Crippen LogP contribution is 2.27. The number of nitrogens with zero attached hydrogens (tertiary/aromatic N) is 4. The predicted molar refractivity (Wildman–Crippen MR) is 127 cm³/mol. The first-order valence-electron chi connectivity index (χ1n) is 10.9. The molecule has 0 saturated heterocycles. The molecule has 0 bridgehead atoms. The van der Waals surface area contributed by atoms with Crippen molar-refractivity contribution in [2.75, 3.05) is 11.9 Å². The standard InChI is InChI=1S/C25H23FN6O/c1-3-16(12-27-23-22-24(29-13-28-22)31-14-30-23)20-11-17-6-4-5-15(2)21(17)25(33)32(20)19-9-7-18(26)8-10-19/h4-11,13-14,16H,3,12H2,1-2H3,(H2,27,28,29,30,31)/t16-/m1/s1. The molecule has 0 aliphatic rings. The van der Waals surface area contributed by atoms with Crippen molar-refractivity contribution in [3.05, 3.63) is 88.6 Å². The fourth-order valence-corrected chi connectivity index (χ4v) is 4.29. The lowest BCUT2D eigenvalue weighted by atomic mass is 9.97. The summed E-state index contributed by atoms with van der Waals surface area (Å²) in [7, 11) is 0. The number of pyridine rings is 1. The van der Waals surface area contributed by atoms with E-state index in [0.29, 0.717) is 29.1 Å². The number of hydrogen-bond donors (Lipinski definition) is 2.